The maximum Gasteiger partial charge on any atom is 0.254 e. The average Bonchev–Trinajstić information content (AvgIpc) is 2.86. The zero-order chi connectivity index (χ0) is 14.4. The smallest absolute Gasteiger partial charge is 0.254 e. The number of benzene rings is 1. The third-order valence-electron chi connectivity index (χ3n) is 4.66. The molecule has 1 amide bonds. The molecule has 4 heteroatoms. The Hall–Kier alpha value is -1.42. The van der Waals surface area contributed by atoms with Crippen molar-refractivity contribution in [2.75, 3.05) is 33.7 Å². The average molecular weight is 276 g/mol. The van der Waals surface area contributed by atoms with Crippen LogP contribution >= 0.6 is 0 Å². The van der Waals surface area contributed by atoms with E-state index in [4.69, 9.17) is 0 Å². The van der Waals surface area contributed by atoms with E-state index in [0.717, 1.165) is 31.1 Å². The predicted molar refractivity (Wildman–Crippen MR) is 76.1 cm³/mol. The van der Waals surface area contributed by atoms with E-state index in [1.807, 2.05) is 11.8 Å². The van der Waals surface area contributed by atoms with Crippen LogP contribution in [0.15, 0.2) is 18.2 Å². The Kier molecular flexibility index (Phi) is 3.28. The fourth-order valence-electron chi connectivity index (χ4n) is 3.50. The Morgan fingerprint density at radius 1 is 1.35 bits per heavy atom. The third-order valence-corrected chi connectivity index (χ3v) is 4.66. The van der Waals surface area contributed by atoms with E-state index in [0.29, 0.717) is 17.4 Å². The molecule has 0 aromatic heterocycles. The number of piperidine rings is 1. The standard InChI is InChI=1S/C16H21FN2O/c1-10-4-5-11(17)6-12(10)16(20)19-8-14-13(7-18(2)3)15(14)9-19/h4-6,13-15H,7-9H2,1-3H3. The first-order valence-electron chi connectivity index (χ1n) is 7.17. The first-order valence-corrected chi connectivity index (χ1v) is 7.17. The summed E-state index contributed by atoms with van der Waals surface area (Å²) in [7, 11) is 4.18. The quantitative estimate of drug-likeness (QED) is 0.843. The number of rotatable bonds is 3. The molecule has 20 heavy (non-hydrogen) atoms. The molecular weight excluding hydrogens is 255 g/mol. The predicted octanol–water partition coefficient (Wildman–Crippen LogP) is 2.01. The second-order valence-electron chi connectivity index (χ2n) is 6.42. The fraction of sp³-hybridized carbons (Fsp3) is 0.562. The van der Waals surface area contributed by atoms with E-state index >= 15 is 0 Å². The van der Waals surface area contributed by atoms with E-state index in [9.17, 15) is 9.18 Å². The Labute approximate surface area is 119 Å². The molecule has 0 bridgehead atoms. The van der Waals surface area contributed by atoms with Crippen LogP contribution in [0.4, 0.5) is 4.39 Å². The molecule has 1 heterocycles. The van der Waals surface area contributed by atoms with Gasteiger partial charge in [0.2, 0.25) is 0 Å². The number of amides is 1. The lowest BCUT2D eigenvalue weighted by molar-refractivity contribution is 0.0764. The Bertz CT molecular complexity index is 531. The summed E-state index contributed by atoms with van der Waals surface area (Å²) in [6.07, 6.45) is 0. The lowest BCUT2D eigenvalue weighted by atomic mass is 10.1. The van der Waals surface area contributed by atoms with E-state index in [1.54, 1.807) is 6.07 Å². The molecule has 0 radical (unpaired) electrons. The number of aryl methyl sites for hydroxylation is 1. The molecule has 0 spiro atoms. The van der Waals surface area contributed by atoms with Crippen LogP contribution < -0.4 is 0 Å². The van der Waals surface area contributed by atoms with Crippen molar-refractivity contribution in [3.05, 3.63) is 35.1 Å². The van der Waals surface area contributed by atoms with Gasteiger partial charge in [-0.15, -0.1) is 0 Å². The minimum atomic E-state index is -0.339. The molecule has 1 aromatic rings. The zero-order valence-corrected chi connectivity index (χ0v) is 12.3. The van der Waals surface area contributed by atoms with Crippen LogP contribution in [-0.2, 0) is 0 Å². The maximum atomic E-state index is 13.3. The number of hydrogen-bond donors (Lipinski definition) is 0. The van der Waals surface area contributed by atoms with Gasteiger partial charge in [0, 0.05) is 25.2 Å². The van der Waals surface area contributed by atoms with Crippen LogP contribution in [0.5, 0.6) is 0 Å². The topological polar surface area (TPSA) is 23.6 Å². The third kappa shape index (κ3) is 2.33. The first kappa shape index (κ1) is 13.6. The molecule has 2 fully saturated rings. The lowest BCUT2D eigenvalue weighted by Crippen LogP contribution is -2.33. The van der Waals surface area contributed by atoms with Crippen LogP contribution in [0.2, 0.25) is 0 Å². The Balaban J connectivity index is 1.66. The highest BCUT2D eigenvalue weighted by molar-refractivity contribution is 5.96. The minimum absolute atomic E-state index is 0.0159. The summed E-state index contributed by atoms with van der Waals surface area (Å²) in [6, 6.07) is 4.44. The van der Waals surface area contributed by atoms with E-state index in [1.165, 1.54) is 12.1 Å². The van der Waals surface area contributed by atoms with E-state index in [2.05, 4.69) is 19.0 Å². The fourth-order valence-corrected chi connectivity index (χ4v) is 3.50. The molecule has 1 saturated heterocycles. The van der Waals surface area contributed by atoms with Crippen molar-refractivity contribution in [2.45, 2.75) is 6.92 Å². The molecule has 2 aliphatic rings. The van der Waals surface area contributed by atoms with Gasteiger partial charge in [0.25, 0.3) is 5.91 Å². The molecule has 1 aliphatic carbocycles. The highest BCUT2D eigenvalue weighted by atomic mass is 19.1. The van der Waals surface area contributed by atoms with Crippen LogP contribution in [0.3, 0.4) is 0 Å². The molecule has 3 rings (SSSR count). The minimum Gasteiger partial charge on any atom is -0.338 e. The summed E-state index contributed by atoms with van der Waals surface area (Å²) in [5.74, 6) is 1.68. The SMILES string of the molecule is Cc1ccc(F)cc1C(=O)N1CC2C(CN(C)C)C2C1. The summed E-state index contributed by atoms with van der Waals surface area (Å²) in [5.41, 5.74) is 1.36. The second-order valence-corrected chi connectivity index (χ2v) is 6.42. The van der Waals surface area contributed by atoms with Crippen molar-refractivity contribution >= 4 is 5.91 Å². The van der Waals surface area contributed by atoms with Gasteiger partial charge in [-0.25, -0.2) is 4.39 Å². The van der Waals surface area contributed by atoms with Crippen LogP contribution in [0.25, 0.3) is 0 Å². The first-order chi connectivity index (χ1) is 9.47. The van der Waals surface area contributed by atoms with Crippen molar-refractivity contribution < 1.29 is 9.18 Å². The van der Waals surface area contributed by atoms with Crippen molar-refractivity contribution in [2.24, 2.45) is 17.8 Å². The number of halogens is 1. The highest BCUT2D eigenvalue weighted by Gasteiger charge is 2.56. The number of fused-ring (bicyclic) bond motifs is 1. The number of hydrogen-bond acceptors (Lipinski definition) is 2. The normalized spacial score (nSPS) is 27.9. The summed E-state index contributed by atoms with van der Waals surface area (Å²) < 4.78 is 13.3. The van der Waals surface area contributed by atoms with Crippen molar-refractivity contribution in [3.8, 4) is 0 Å². The van der Waals surface area contributed by atoms with Gasteiger partial charge in [-0.05, 0) is 56.5 Å². The van der Waals surface area contributed by atoms with Crippen LogP contribution in [0, 0.1) is 30.5 Å². The molecule has 3 nitrogen and oxygen atoms in total. The Morgan fingerprint density at radius 3 is 2.60 bits per heavy atom. The summed E-state index contributed by atoms with van der Waals surface area (Å²) in [5, 5.41) is 0. The summed E-state index contributed by atoms with van der Waals surface area (Å²) in [4.78, 5) is 16.6. The van der Waals surface area contributed by atoms with Crippen molar-refractivity contribution in [1.29, 1.82) is 0 Å². The van der Waals surface area contributed by atoms with Gasteiger partial charge in [-0.2, -0.15) is 0 Å². The molecule has 2 unspecified atom stereocenters. The second kappa shape index (κ2) is 4.85. The number of nitrogens with zero attached hydrogens (tertiary/aromatic N) is 2. The van der Waals surface area contributed by atoms with E-state index in [-0.39, 0.29) is 11.7 Å². The van der Waals surface area contributed by atoms with Gasteiger partial charge >= 0.3 is 0 Å². The van der Waals surface area contributed by atoms with Gasteiger partial charge in [0.15, 0.2) is 0 Å². The zero-order valence-electron chi connectivity index (χ0n) is 12.3. The molecule has 1 aliphatic heterocycles. The van der Waals surface area contributed by atoms with Gasteiger partial charge in [0.05, 0.1) is 0 Å². The molecule has 108 valence electrons. The van der Waals surface area contributed by atoms with Gasteiger partial charge in [-0.3, -0.25) is 4.79 Å². The van der Waals surface area contributed by atoms with Gasteiger partial charge in [0.1, 0.15) is 5.82 Å². The molecule has 1 aromatic carbocycles. The van der Waals surface area contributed by atoms with Crippen molar-refractivity contribution in [3.63, 3.8) is 0 Å². The van der Waals surface area contributed by atoms with Crippen molar-refractivity contribution in [1.82, 2.24) is 9.80 Å². The molecular formula is C16H21FN2O. The number of carbonyl (C=O) groups is 1. The summed E-state index contributed by atoms with van der Waals surface area (Å²) >= 11 is 0. The monoisotopic (exact) mass is 276 g/mol. The van der Waals surface area contributed by atoms with E-state index < -0.39 is 0 Å². The van der Waals surface area contributed by atoms with Crippen LogP contribution in [0.1, 0.15) is 15.9 Å². The maximum absolute atomic E-state index is 13.3. The molecule has 2 atom stereocenters. The number of likely N-dealkylation sites (tertiary alicyclic amines) is 1. The highest BCUT2D eigenvalue weighted by Crippen LogP contribution is 2.52. The lowest BCUT2D eigenvalue weighted by Gasteiger charge is -2.22. The summed E-state index contributed by atoms with van der Waals surface area (Å²) in [6.45, 7) is 4.63. The van der Waals surface area contributed by atoms with Gasteiger partial charge in [-0.1, -0.05) is 6.07 Å². The largest absolute Gasteiger partial charge is 0.338 e. The van der Waals surface area contributed by atoms with Crippen LogP contribution in [-0.4, -0.2) is 49.4 Å². The molecule has 0 N–H and O–H groups in total. The Morgan fingerprint density at radius 2 is 2.00 bits per heavy atom. The number of carbonyl (C=O) groups excluding carboxylic acids is 1. The van der Waals surface area contributed by atoms with Gasteiger partial charge < -0.3 is 9.80 Å². The molecule has 1 saturated carbocycles.